The Morgan fingerprint density at radius 1 is 1.35 bits per heavy atom. The average molecular weight is 236 g/mol. The molecule has 0 radical (unpaired) electrons. The Bertz CT molecular complexity index is 349. The Balaban J connectivity index is 2.94. The summed E-state index contributed by atoms with van der Waals surface area (Å²) in [5.74, 6) is 1.27. The van der Waals surface area contributed by atoms with Gasteiger partial charge in [-0.2, -0.15) is 0 Å². The van der Waals surface area contributed by atoms with Crippen molar-refractivity contribution in [2.75, 3.05) is 24.5 Å². The summed E-state index contributed by atoms with van der Waals surface area (Å²) in [4.78, 5) is 11.3. The van der Waals surface area contributed by atoms with Gasteiger partial charge in [-0.1, -0.05) is 13.8 Å². The highest BCUT2D eigenvalue weighted by atomic mass is 15.2. The summed E-state index contributed by atoms with van der Waals surface area (Å²) in [7, 11) is 0. The van der Waals surface area contributed by atoms with Gasteiger partial charge in [0.1, 0.15) is 0 Å². The van der Waals surface area contributed by atoms with E-state index in [1.165, 1.54) is 0 Å². The molecule has 1 aromatic heterocycles. The summed E-state index contributed by atoms with van der Waals surface area (Å²) < 4.78 is 0. The molecule has 0 fully saturated rings. The first kappa shape index (κ1) is 13.9. The van der Waals surface area contributed by atoms with E-state index in [0.717, 1.165) is 36.8 Å². The average Bonchev–Trinajstić information content (AvgIpc) is 2.29. The highest BCUT2D eigenvalue weighted by Gasteiger charge is 2.10. The van der Waals surface area contributed by atoms with Crippen molar-refractivity contribution < 1.29 is 0 Å². The van der Waals surface area contributed by atoms with E-state index in [9.17, 15) is 0 Å². The van der Waals surface area contributed by atoms with Crippen molar-refractivity contribution in [3.63, 3.8) is 0 Å². The standard InChI is InChI=1S/C13H24N4/c1-5-17(8-6-7-14)13-15-11(4)9-12(16-13)10(2)3/h9-10H,5-8,14H2,1-4H3. The minimum Gasteiger partial charge on any atom is -0.341 e. The zero-order chi connectivity index (χ0) is 12.8. The number of aryl methyl sites for hydroxylation is 1. The number of nitrogens with zero attached hydrogens (tertiary/aromatic N) is 3. The summed E-state index contributed by atoms with van der Waals surface area (Å²) in [6.07, 6.45) is 0.974. The normalized spacial score (nSPS) is 10.9. The Kier molecular flexibility index (Phi) is 5.35. The van der Waals surface area contributed by atoms with Crippen LogP contribution in [0.25, 0.3) is 0 Å². The highest BCUT2D eigenvalue weighted by molar-refractivity contribution is 5.32. The van der Waals surface area contributed by atoms with Gasteiger partial charge in [0.15, 0.2) is 0 Å². The van der Waals surface area contributed by atoms with E-state index in [1.807, 2.05) is 6.92 Å². The molecular formula is C13H24N4. The first-order chi connectivity index (χ1) is 8.08. The Morgan fingerprint density at radius 3 is 2.59 bits per heavy atom. The molecule has 1 rings (SSSR count). The summed E-state index contributed by atoms with van der Waals surface area (Å²) in [6, 6.07) is 2.06. The van der Waals surface area contributed by atoms with Crippen LogP contribution in [0.4, 0.5) is 5.95 Å². The van der Waals surface area contributed by atoms with Gasteiger partial charge in [-0.05, 0) is 38.8 Å². The van der Waals surface area contributed by atoms with Crippen LogP contribution in [0.5, 0.6) is 0 Å². The van der Waals surface area contributed by atoms with E-state index in [2.05, 4.69) is 41.7 Å². The fraction of sp³-hybridized carbons (Fsp3) is 0.692. The number of rotatable bonds is 6. The van der Waals surface area contributed by atoms with Crippen molar-refractivity contribution in [1.82, 2.24) is 9.97 Å². The van der Waals surface area contributed by atoms with Gasteiger partial charge in [0.05, 0.1) is 0 Å². The van der Waals surface area contributed by atoms with E-state index in [1.54, 1.807) is 0 Å². The first-order valence-electron chi connectivity index (χ1n) is 6.39. The largest absolute Gasteiger partial charge is 0.341 e. The zero-order valence-electron chi connectivity index (χ0n) is 11.4. The predicted octanol–water partition coefficient (Wildman–Crippen LogP) is 2.08. The van der Waals surface area contributed by atoms with Crippen LogP contribution in [0.2, 0.25) is 0 Å². The molecule has 0 aliphatic rings. The monoisotopic (exact) mass is 236 g/mol. The zero-order valence-corrected chi connectivity index (χ0v) is 11.4. The van der Waals surface area contributed by atoms with Gasteiger partial charge < -0.3 is 10.6 Å². The van der Waals surface area contributed by atoms with E-state index in [4.69, 9.17) is 5.73 Å². The summed E-state index contributed by atoms with van der Waals surface area (Å²) in [5.41, 5.74) is 7.69. The van der Waals surface area contributed by atoms with Gasteiger partial charge in [0.25, 0.3) is 0 Å². The number of aromatic nitrogens is 2. The van der Waals surface area contributed by atoms with Crippen LogP contribution in [0.1, 0.15) is 44.5 Å². The third-order valence-corrected chi connectivity index (χ3v) is 2.75. The van der Waals surface area contributed by atoms with Crippen LogP contribution in [-0.2, 0) is 0 Å². The number of anilines is 1. The lowest BCUT2D eigenvalue weighted by Crippen LogP contribution is -2.28. The Hall–Kier alpha value is -1.16. The topological polar surface area (TPSA) is 55.0 Å². The van der Waals surface area contributed by atoms with E-state index < -0.39 is 0 Å². The van der Waals surface area contributed by atoms with Gasteiger partial charge in [-0.25, -0.2) is 9.97 Å². The van der Waals surface area contributed by atoms with Gasteiger partial charge in [0.2, 0.25) is 5.95 Å². The SMILES string of the molecule is CCN(CCCN)c1nc(C)cc(C(C)C)n1. The van der Waals surface area contributed by atoms with Crippen molar-refractivity contribution >= 4 is 5.95 Å². The van der Waals surface area contributed by atoms with Crippen LogP contribution in [-0.4, -0.2) is 29.6 Å². The molecule has 4 nitrogen and oxygen atoms in total. The number of nitrogens with two attached hydrogens (primary N) is 1. The molecular weight excluding hydrogens is 212 g/mol. The van der Waals surface area contributed by atoms with Crippen molar-refractivity contribution in [2.45, 2.75) is 40.0 Å². The van der Waals surface area contributed by atoms with Gasteiger partial charge in [-0.3, -0.25) is 0 Å². The molecule has 0 aromatic carbocycles. The second-order valence-corrected chi connectivity index (χ2v) is 4.61. The molecule has 1 heterocycles. The number of hydrogen-bond donors (Lipinski definition) is 1. The van der Waals surface area contributed by atoms with Gasteiger partial charge in [-0.15, -0.1) is 0 Å². The molecule has 96 valence electrons. The van der Waals surface area contributed by atoms with Crippen LogP contribution >= 0.6 is 0 Å². The Labute approximate surface area is 104 Å². The van der Waals surface area contributed by atoms with Gasteiger partial charge in [0, 0.05) is 24.5 Å². The first-order valence-corrected chi connectivity index (χ1v) is 6.39. The fourth-order valence-corrected chi connectivity index (χ4v) is 1.70. The van der Waals surface area contributed by atoms with E-state index in [-0.39, 0.29) is 0 Å². The predicted molar refractivity (Wildman–Crippen MR) is 72.4 cm³/mol. The second kappa shape index (κ2) is 6.55. The third-order valence-electron chi connectivity index (χ3n) is 2.75. The minimum absolute atomic E-state index is 0.434. The maximum absolute atomic E-state index is 5.55. The lowest BCUT2D eigenvalue weighted by atomic mass is 10.1. The number of hydrogen-bond acceptors (Lipinski definition) is 4. The quantitative estimate of drug-likeness (QED) is 0.821. The molecule has 0 aliphatic heterocycles. The molecule has 1 aromatic rings. The van der Waals surface area contributed by atoms with Crippen LogP contribution in [0.3, 0.4) is 0 Å². The van der Waals surface area contributed by atoms with Crippen molar-refractivity contribution in [2.24, 2.45) is 5.73 Å². The van der Waals surface area contributed by atoms with Crippen LogP contribution in [0.15, 0.2) is 6.07 Å². The molecule has 0 saturated carbocycles. The third kappa shape index (κ3) is 3.97. The summed E-state index contributed by atoms with van der Waals surface area (Å²) in [6.45, 7) is 11.0. The summed E-state index contributed by atoms with van der Waals surface area (Å²) in [5, 5.41) is 0. The molecule has 2 N–H and O–H groups in total. The van der Waals surface area contributed by atoms with Crippen molar-refractivity contribution in [3.05, 3.63) is 17.5 Å². The van der Waals surface area contributed by atoms with Gasteiger partial charge >= 0.3 is 0 Å². The maximum Gasteiger partial charge on any atom is 0.225 e. The van der Waals surface area contributed by atoms with Crippen LogP contribution < -0.4 is 10.6 Å². The molecule has 17 heavy (non-hydrogen) atoms. The molecule has 0 saturated heterocycles. The highest BCUT2D eigenvalue weighted by Crippen LogP contribution is 2.16. The molecule has 0 unspecified atom stereocenters. The molecule has 0 spiro atoms. The second-order valence-electron chi connectivity index (χ2n) is 4.61. The Morgan fingerprint density at radius 2 is 2.06 bits per heavy atom. The molecule has 0 aliphatic carbocycles. The van der Waals surface area contributed by atoms with Crippen LogP contribution in [0, 0.1) is 6.92 Å². The van der Waals surface area contributed by atoms with Crippen molar-refractivity contribution in [1.29, 1.82) is 0 Å². The lowest BCUT2D eigenvalue weighted by molar-refractivity contribution is 0.717. The smallest absolute Gasteiger partial charge is 0.225 e. The molecule has 0 bridgehead atoms. The van der Waals surface area contributed by atoms with E-state index >= 15 is 0 Å². The van der Waals surface area contributed by atoms with Crippen molar-refractivity contribution in [3.8, 4) is 0 Å². The summed E-state index contributed by atoms with van der Waals surface area (Å²) >= 11 is 0. The maximum atomic E-state index is 5.55. The molecule has 0 atom stereocenters. The minimum atomic E-state index is 0.434. The van der Waals surface area contributed by atoms with E-state index in [0.29, 0.717) is 12.5 Å². The fourth-order valence-electron chi connectivity index (χ4n) is 1.70. The molecule has 4 heteroatoms. The lowest BCUT2D eigenvalue weighted by Gasteiger charge is -2.21. The molecule has 0 amide bonds.